The number of rotatable bonds is 4. The summed E-state index contributed by atoms with van der Waals surface area (Å²) in [6, 6.07) is 4.00. The lowest BCUT2D eigenvalue weighted by Crippen LogP contribution is -2.36. The van der Waals surface area contributed by atoms with Crippen LogP contribution < -0.4 is 0 Å². The molecule has 0 spiro atoms. The molecular weight excluding hydrogens is 357 g/mol. The van der Waals surface area contributed by atoms with E-state index in [1.54, 1.807) is 13.2 Å². The molecule has 0 aromatic heterocycles. The van der Waals surface area contributed by atoms with E-state index in [2.05, 4.69) is 15.9 Å². The first kappa shape index (κ1) is 17.8. The predicted molar refractivity (Wildman–Crippen MR) is 85.0 cm³/mol. The number of methoxy groups -OCH3 is 1. The largest absolute Gasteiger partial charge is 0.416 e. The first-order valence-electron chi connectivity index (χ1n) is 7.64. The summed E-state index contributed by atoms with van der Waals surface area (Å²) in [6.07, 6.45) is 1.36. The molecule has 1 nitrogen and oxygen atoms in total. The predicted octanol–water partition coefficient (Wildman–Crippen LogP) is 6.04. The van der Waals surface area contributed by atoms with Gasteiger partial charge >= 0.3 is 6.18 Å². The molecule has 1 unspecified atom stereocenters. The molecule has 2 rings (SSSR count). The average Bonchev–Trinajstić information content (AvgIpc) is 2.53. The third kappa shape index (κ3) is 3.51. The van der Waals surface area contributed by atoms with Crippen molar-refractivity contribution in [1.82, 2.24) is 0 Å². The number of ether oxygens (including phenoxy) is 1. The minimum atomic E-state index is -4.32. The standard InChI is InChI=1S/C17H22BrF3O/c1-16(22-2,13-6-4-3-5-7-13)15-9-8-14(17(19,20)21)10-12(15)11-18/h8-10,13H,3-7,11H2,1-2H3. The molecule has 0 saturated heterocycles. The van der Waals surface area contributed by atoms with Crippen molar-refractivity contribution >= 4 is 15.9 Å². The molecule has 1 aromatic carbocycles. The van der Waals surface area contributed by atoms with Crippen molar-refractivity contribution in [2.45, 2.75) is 56.1 Å². The molecule has 1 aliphatic carbocycles. The van der Waals surface area contributed by atoms with Gasteiger partial charge < -0.3 is 4.74 Å². The Morgan fingerprint density at radius 2 is 1.82 bits per heavy atom. The molecule has 0 N–H and O–H groups in total. The van der Waals surface area contributed by atoms with Crippen LogP contribution in [0.3, 0.4) is 0 Å². The van der Waals surface area contributed by atoms with Gasteiger partial charge in [-0.05, 0) is 48.9 Å². The van der Waals surface area contributed by atoms with Crippen LogP contribution in [0.4, 0.5) is 13.2 Å². The van der Waals surface area contributed by atoms with E-state index in [1.807, 2.05) is 6.92 Å². The number of benzene rings is 1. The van der Waals surface area contributed by atoms with E-state index in [9.17, 15) is 13.2 Å². The highest BCUT2D eigenvalue weighted by Crippen LogP contribution is 2.44. The summed E-state index contributed by atoms with van der Waals surface area (Å²) in [6.45, 7) is 2.01. The summed E-state index contributed by atoms with van der Waals surface area (Å²) in [4.78, 5) is 0. The maximum absolute atomic E-state index is 12.9. The number of hydrogen-bond acceptors (Lipinski definition) is 1. The Balaban J connectivity index is 2.43. The van der Waals surface area contributed by atoms with E-state index in [0.717, 1.165) is 31.2 Å². The Bertz CT molecular complexity index is 509. The molecule has 1 atom stereocenters. The molecule has 5 heteroatoms. The summed E-state index contributed by atoms with van der Waals surface area (Å²) in [5, 5.41) is 0.387. The molecule has 124 valence electrons. The summed E-state index contributed by atoms with van der Waals surface area (Å²) in [5.74, 6) is 0.348. The van der Waals surface area contributed by atoms with Gasteiger partial charge in [0, 0.05) is 12.4 Å². The zero-order valence-corrected chi connectivity index (χ0v) is 14.6. The van der Waals surface area contributed by atoms with Gasteiger partial charge in [-0.25, -0.2) is 0 Å². The van der Waals surface area contributed by atoms with Crippen LogP contribution >= 0.6 is 15.9 Å². The average molecular weight is 379 g/mol. The lowest BCUT2D eigenvalue weighted by atomic mass is 9.73. The Labute approximate surface area is 138 Å². The van der Waals surface area contributed by atoms with E-state index in [4.69, 9.17) is 4.74 Å². The monoisotopic (exact) mass is 378 g/mol. The molecule has 1 saturated carbocycles. The first-order chi connectivity index (χ1) is 10.3. The van der Waals surface area contributed by atoms with Crippen molar-refractivity contribution < 1.29 is 17.9 Å². The maximum atomic E-state index is 12.9. The van der Waals surface area contributed by atoms with Crippen LogP contribution in [0.1, 0.15) is 55.7 Å². The van der Waals surface area contributed by atoms with Crippen LogP contribution in [-0.4, -0.2) is 7.11 Å². The molecule has 0 heterocycles. The van der Waals surface area contributed by atoms with Crippen molar-refractivity contribution in [3.8, 4) is 0 Å². The van der Waals surface area contributed by atoms with Gasteiger partial charge in [0.2, 0.25) is 0 Å². The van der Waals surface area contributed by atoms with Gasteiger partial charge in [0.05, 0.1) is 11.2 Å². The molecule has 1 fully saturated rings. The van der Waals surface area contributed by atoms with Gasteiger partial charge in [-0.15, -0.1) is 0 Å². The van der Waals surface area contributed by atoms with Gasteiger partial charge in [-0.1, -0.05) is 41.3 Å². The van der Waals surface area contributed by atoms with Gasteiger partial charge in [-0.2, -0.15) is 13.2 Å². The molecule has 0 bridgehead atoms. The minimum absolute atomic E-state index is 0.348. The molecule has 0 aliphatic heterocycles. The van der Waals surface area contributed by atoms with E-state index < -0.39 is 17.3 Å². The molecule has 0 radical (unpaired) electrons. The Morgan fingerprint density at radius 3 is 2.32 bits per heavy atom. The Kier molecular flexibility index (Phi) is 5.59. The second-order valence-electron chi connectivity index (χ2n) is 6.15. The SMILES string of the molecule is COC(C)(c1ccc(C(F)(F)F)cc1CBr)C1CCCCC1. The maximum Gasteiger partial charge on any atom is 0.416 e. The second-order valence-corrected chi connectivity index (χ2v) is 6.71. The first-order valence-corrected chi connectivity index (χ1v) is 8.76. The normalized spacial score (nSPS) is 19.9. The zero-order chi connectivity index (χ0) is 16.4. The van der Waals surface area contributed by atoms with Crippen LogP contribution in [0.15, 0.2) is 18.2 Å². The highest BCUT2D eigenvalue weighted by Gasteiger charge is 2.39. The Morgan fingerprint density at radius 1 is 1.18 bits per heavy atom. The molecule has 1 aromatic rings. The summed E-state index contributed by atoms with van der Waals surface area (Å²) in [7, 11) is 1.66. The molecular formula is C17H22BrF3O. The zero-order valence-electron chi connectivity index (χ0n) is 13.0. The van der Waals surface area contributed by atoms with Crippen molar-refractivity contribution in [3.63, 3.8) is 0 Å². The highest BCUT2D eigenvalue weighted by molar-refractivity contribution is 9.08. The second kappa shape index (κ2) is 6.91. The quantitative estimate of drug-likeness (QED) is 0.580. The van der Waals surface area contributed by atoms with E-state index >= 15 is 0 Å². The van der Waals surface area contributed by atoms with Crippen molar-refractivity contribution in [2.24, 2.45) is 5.92 Å². The summed E-state index contributed by atoms with van der Waals surface area (Å²) < 4.78 is 44.6. The van der Waals surface area contributed by atoms with Crippen LogP contribution in [0.25, 0.3) is 0 Å². The third-order valence-corrected chi connectivity index (χ3v) is 5.52. The Hall–Kier alpha value is -0.550. The molecule has 0 amide bonds. The fraction of sp³-hybridized carbons (Fsp3) is 0.647. The highest BCUT2D eigenvalue weighted by atomic mass is 79.9. The van der Waals surface area contributed by atoms with E-state index in [1.165, 1.54) is 18.6 Å². The van der Waals surface area contributed by atoms with Gasteiger partial charge in [0.15, 0.2) is 0 Å². The van der Waals surface area contributed by atoms with E-state index in [0.29, 0.717) is 16.8 Å². The van der Waals surface area contributed by atoms with Crippen LogP contribution in [0.5, 0.6) is 0 Å². The van der Waals surface area contributed by atoms with Gasteiger partial charge in [-0.3, -0.25) is 0 Å². The van der Waals surface area contributed by atoms with Gasteiger partial charge in [0.25, 0.3) is 0 Å². The number of hydrogen-bond donors (Lipinski definition) is 0. The lowest BCUT2D eigenvalue weighted by molar-refractivity contribution is -0.137. The fourth-order valence-corrected chi connectivity index (χ4v) is 3.98. The summed E-state index contributed by atoms with van der Waals surface area (Å²) in [5.41, 5.74) is 0.387. The van der Waals surface area contributed by atoms with Gasteiger partial charge in [0.1, 0.15) is 0 Å². The molecule has 22 heavy (non-hydrogen) atoms. The smallest absolute Gasteiger partial charge is 0.374 e. The minimum Gasteiger partial charge on any atom is -0.374 e. The topological polar surface area (TPSA) is 9.23 Å². The van der Waals surface area contributed by atoms with Crippen molar-refractivity contribution in [2.75, 3.05) is 7.11 Å². The number of alkyl halides is 4. The summed E-state index contributed by atoms with van der Waals surface area (Å²) >= 11 is 3.33. The van der Waals surface area contributed by atoms with Crippen molar-refractivity contribution in [3.05, 3.63) is 34.9 Å². The van der Waals surface area contributed by atoms with Crippen LogP contribution in [-0.2, 0) is 21.8 Å². The van der Waals surface area contributed by atoms with Crippen LogP contribution in [0, 0.1) is 5.92 Å². The third-order valence-electron chi connectivity index (χ3n) is 4.92. The lowest BCUT2D eigenvalue weighted by Gasteiger charge is -2.40. The van der Waals surface area contributed by atoms with Crippen molar-refractivity contribution in [1.29, 1.82) is 0 Å². The number of halogens is 4. The van der Waals surface area contributed by atoms with Crippen LogP contribution in [0.2, 0.25) is 0 Å². The fourth-order valence-electron chi connectivity index (χ4n) is 3.51. The molecule has 1 aliphatic rings. The van der Waals surface area contributed by atoms with E-state index in [-0.39, 0.29) is 0 Å².